The van der Waals surface area contributed by atoms with Gasteiger partial charge in [0.25, 0.3) is 5.56 Å². The first-order valence-electron chi connectivity index (χ1n) is 8.96. The van der Waals surface area contributed by atoms with Crippen LogP contribution in [0.1, 0.15) is 6.92 Å². The third-order valence-electron chi connectivity index (χ3n) is 4.15. The average molecular weight is 368 g/mol. The quantitative estimate of drug-likeness (QED) is 0.540. The molecule has 0 radical (unpaired) electrons. The number of aliphatic hydroxyl groups is 1. The summed E-state index contributed by atoms with van der Waals surface area (Å²) in [5, 5.41) is 14.7. The zero-order valence-corrected chi connectivity index (χ0v) is 15.2. The lowest BCUT2D eigenvalue weighted by atomic mass is 10.1. The maximum Gasteiger partial charge on any atom is 0.256 e. The summed E-state index contributed by atoms with van der Waals surface area (Å²) in [6, 6.07) is 16.9. The van der Waals surface area contributed by atoms with Gasteiger partial charge in [0.05, 0.1) is 5.39 Å². The van der Waals surface area contributed by atoms with E-state index in [2.05, 4.69) is 10.3 Å². The standard InChI is InChI=1S/C21H24N2O4/c1-15(13-26-17-7-3-2-4-8-17)22-11-16(24)14-27-20-12-23-21(25)19-10-6-5-9-18(19)20/h2-10,12,15-16,22,24H,11,13-14H2,1H3,(H,23,25). The summed E-state index contributed by atoms with van der Waals surface area (Å²) in [7, 11) is 0. The fourth-order valence-electron chi connectivity index (χ4n) is 2.68. The van der Waals surface area contributed by atoms with Gasteiger partial charge in [0.15, 0.2) is 0 Å². The fraction of sp³-hybridized carbons (Fsp3) is 0.286. The Balaban J connectivity index is 1.45. The smallest absolute Gasteiger partial charge is 0.256 e. The number of ether oxygens (including phenoxy) is 2. The molecule has 3 aromatic rings. The van der Waals surface area contributed by atoms with Crippen LogP contribution < -0.4 is 20.3 Å². The van der Waals surface area contributed by atoms with Crippen molar-refractivity contribution in [1.29, 1.82) is 0 Å². The highest BCUT2D eigenvalue weighted by molar-refractivity contribution is 5.86. The van der Waals surface area contributed by atoms with Gasteiger partial charge in [-0.2, -0.15) is 0 Å². The van der Waals surface area contributed by atoms with Gasteiger partial charge in [0, 0.05) is 24.2 Å². The number of hydrogen-bond donors (Lipinski definition) is 3. The molecule has 2 unspecified atom stereocenters. The summed E-state index contributed by atoms with van der Waals surface area (Å²) in [5.74, 6) is 1.37. The summed E-state index contributed by atoms with van der Waals surface area (Å²) >= 11 is 0. The molecule has 1 heterocycles. The zero-order valence-electron chi connectivity index (χ0n) is 15.2. The largest absolute Gasteiger partial charge is 0.492 e. The van der Waals surface area contributed by atoms with Gasteiger partial charge in [0.2, 0.25) is 0 Å². The van der Waals surface area contributed by atoms with Crippen molar-refractivity contribution in [3.63, 3.8) is 0 Å². The van der Waals surface area contributed by atoms with E-state index in [-0.39, 0.29) is 18.2 Å². The first-order chi connectivity index (χ1) is 13.1. The van der Waals surface area contributed by atoms with Crippen LogP contribution in [0.3, 0.4) is 0 Å². The summed E-state index contributed by atoms with van der Waals surface area (Å²) in [4.78, 5) is 14.5. The second-order valence-electron chi connectivity index (χ2n) is 6.43. The molecule has 2 aromatic carbocycles. The van der Waals surface area contributed by atoms with E-state index in [1.165, 1.54) is 6.20 Å². The lowest BCUT2D eigenvalue weighted by molar-refractivity contribution is 0.102. The van der Waals surface area contributed by atoms with Gasteiger partial charge < -0.3 is 24.9 Å². The molecular weight excluding hydrogens is 344 g/mol. The van der Waals surface area contributed by atoms with Crippen molar-refractivity contribution in [3.8, 4) is 11.5 Å². The lowest BCUT2D eigenvalue weighted by Gasteiger charge is -2.18. The van der Waals surface area contributed by atoms with Crippen LogP contribution in [0.15, 0.2) is 65.6 Å². The predicted molar refractivity (Wildman–Crippen MR) is 105 cm³/mol. The molecule has 3 N–H and O–H groups in total. The maximum atomic E-state index is 11.8. The summed E-state index contributed by atoms with van der Waals surface area (Å²) < 4.78 is 11.4. The second-order valence-corrected chi connectivity index (χ2v) is 6.43. The van der Waals surface area contributed by atoms with Crippen LogP contribution in [-0.4, -0.2) is 42.0 Å². The van der Waals surface area contributed by atoms with Gasteiger partial charge in [-0.1, -0.05) is 36.4 Å². The predicted octanol–water partition coefficient (Wildman–Crippen LogP) is 2.32. The number of para-hydroxylation sites is 1. The minimum absolute atomic E-state index is 0.0776. The first kappa shape index (κ1) is 18.9. The fourth-order valence-corrected chi connectivity index (χ4v) is 2.68. The highest BCUT2D eigenvalue weighted by Gasteiger charge is 2.11. The monoisotopic (exact) mass is 368 g/mol. The van der Waals surface area contributed by atoms with Crippen molar-refractivity contribution in [2.75, 3.05) is 19.8 Å². The molecule has 2 atom stereocenters. The number of nitrogens with one attached hydrogen (secondary N) is 2. The van der Waals surface area contributed by atoms with Crippen LogP contribution in [-0.2, 0) is 0 Å². The maximum absolute atomic E-state index is 11.8. The van der Waals surface area contributed by atoms with E-state index in [0.717, 1.165) is 11.1 Å². The number of aromatic nitrogens is 1. The summed E-state index contributed by atoms with van der Waals surface area (Å²) in [6.45, 7) is 2.99. The minimum atomic E-state index is -0.685. The van der Waals surface area contributed by atoms with E-state index in [1.54, 1.807) is 12.1 Å². The highest BCUT2D eigenvalue weighted by Crippen LogP contribution is 2.21. The van der Waals surface area contributed by atoms with Crippen molar-refractivity contribution < 1.29 is 14.6 Å². The molecule has 0 aliphatic carbocycles. The molecule has 6 nitrogen and oxygen atoms in total. The molecule has 0 amide bonds. The molecule has 0 saturated carbocycles. The van der Waals surface area contributed by atoms with E-state index >= 15 is 0 Å². The Kier molecular flexibility index (Phi) is 6.46. The van der Waals surface area contributed by atoms with Gasteiger partial charge in [-0.3, -0.25) is 4.79 Å². The van der Waals surface area contributed by atoms with Crippen LogP contribution in [0.5, 0.6) is 11.5 Å². The molecule has 1 aromatic heterocycles. The molecule has 3 rings (SSSR count). The molecule has 0 fully saturated rings. The van der Waals surface area contributed by atoms with Gasteiger partial charge in [0.1, 0.15) is 30.8 Å². The summed E-state index contributed by atoms with van der Waals surface area (Å²) in [6.07, 6.45) is 0.844. The molecule has 27 heavy (non-hydrogen) atoms. The van der Waals surface area contributed by atoms with Crippen LogP contribution in [0.2, 0.25) is 0 Å². The zero-order chi connectivity index (χ0) is 19.1. The van der Waals surface area contributed by atoms with Crippen molar-refractivity contribution in [2.45, 2.75) is 19.1 Å². The van der Waals surface area contributed by atoms with E-state index in [9.17, 15) is 9.90 Å². The van der Waals surface area contributed by atoms with Crippen molar-refractivity contribution in [3.05, 3.63) is 71.1 Å². The number of fused-ring (bicyclic) bond motifs is 1. The van der Waals surface area contributed by atoms with Gasteiger partial charge >= 0.3 is 0 Å². The topological polar surface area (TPSA) is 83.6 Å². The van der Waals surface area contributed by atoms with Crippen LogP contribution in [0, 0.1) is 0 Å². The minimum Gasteiger partial charge on any atom is -0.492 e. The Morgan fingerprint density at radius 2 is 1.70 bits per heavy atom. The van der Waals surface area contributed by atoms with Gasteiger partial charge in [-0.25, -0.2) is 0 Å². The lowest BCUT2D eigenvalue weighted by Crippen LogP contribution is -2.39. The number of H-pyrrole nitrogens is 1. The Morgan fingerprint density at radius 1 is 1.00 bits per heavy atom. The molecule has 0 aliphatic rings. The molecule has 142 valence electrons. The Bertz CT molecular complexity index is 911. The van der Waals surface area contributed by atoms with Crippen LogP contribution >= 0.6 is 0 Å². The van der Waals surface area contributed by atoms with Crippen molar-refractivity contribution in [1.82, 2.24) is 10.3 Å². The van der Waals surface area contributed by atoms with Gasteiger partial charge in [-0.05, 0) is 25.1 Å². The Hall–Kier alpha value is -2.83. The van der Waals surface area contributed by atoms with E-state index in [0.29, 0.717) is 24.3 Å². The van der Waals surface area contributed by atoms with Gasteiger partial charge in [-0.15, -0.1) is 0 Å². The molecule has 0 spiro atoms. The van der Waals surface area contributed by atoms with Crippen LogP contribution in [0.4, 0.5) is 0 Å². The molecule has 0 aliphatic heterocycles. The average Bonchev–Trinajstić information content (AvgIpc) is 2.71. The normalized spacial score (nSPS) is 13.3. The van der Waals surface area contributed by atoms with E-state index < -0.39 is 6.10 Å². The number of pyridine rings is 1. The number of benzene rings is 2. The van der Waals surface area contributed by atoms with Crippen LogP contribution in [0.25, 0.3) is 10.8 Å². The number of aromatic amines is 1. The molecule has 0 saturated heterocycles. The summed E-state index contributed by atoms with van der Waals surface area (Å²) in [5.41, 5.74) is -0.160. The number of hydrogen-bond acceptors (Lipinski definition) is 5. The second kappa shape index (κ2) is 9.21. The SMILES string of the molecule is CC(COc1ccccc1)NCC(O)COc1c[nH]c(=O)c2ccccc12. The molecule has 0 bridgehead atoms. The third kappa shape index (κ3) is 5.32. The Morgan fingerprint density at radius 3 is 2.48 bits per heavy atom. The molecule has 6 heteroatoms. The van der Waals surface area contributed by atoms with E-state index in [4.69, 9.17) is 9.47 Å². The van der Waals surface area contributed by atoms with E-state index in [1.807, 2.05) is 49.4 Å². The molecular formula is C21H24N2O4. The number of aliphatic hydroxyl groups excluding tert-OH is 1. The number of rotatable bonds is 9. The first-order valence-corrected chi connectivity index (χ1v) is 8.96. The third-order valence-corrected chi connectivity index (χ3v) is 4.15. The Labute approximate surface area is 157 Å². The van der Waals surface area contributed by atoms with Crippen molar-refractivity contribution >= 4 is 10.8 Å². The van der Waals surface area contributed by atoms with Crippen molar-refractivity contribution in [2.24, 2.45) is 0 Å². The highest BCUT2D eigenvalue weighted by atomic mass is 16.5.